The molecule has 2 aromatic carbocycles. The number of methoxy groups -OCH3 is 1. The van der Waals surface area contributed by atoms with Crippen LogP contribution in [0.3, 0.4) is 0 Å². The van der Waals surface area contributed by atoms with Crippen LogP contribution < -0.4 is 4.74 Å². The van der Waals surface area contributed by atoms with Crippen LogP contribution in [0.25, 0.3) is 17.1 Å². The van der Waals surface area contributed by atoms with E-state index in [1.54, 1.807) is 7.11 Å². The van der Waals surface area contributed by atoms with Gasteiger partial charge in [-0.05, 0) is 36.4 Å². The number of hydrogen-bond donors (Lipinski definition) is 0. The normalized spacial score (nSPS) is 11.6. The van der Waals surface area contributed by atoms with Gasteiger partial charge >= 0.3 is 0 Å². The van der Waals surface area contributed by atoms with Crippen molar-refractivity contribution in [3.8, 4) is 22.8 Å². The van der Waals surface area contributed by atoms with Crippen molar-refractivity contribution in [3.63, 3.8) is 0 Å². The summed E-state index contributed by atoms with van der Waals surface area (Å²) in [6.07, 6.45) is 0. The molecule has 7 nitrogen and oxygen atoms in total. The highest BCUT2D eigenvalue weighted by atomic mass is 35.5. The first-order chi connectivity index (χ1) is 14.8. The number of aromatic nitrogens is 5. The molecule has 4 aromatic rings. The van der Waals surface area contributed by atoms with Crippen LogP contribution in [0.15, 0.2) is 58.2 Å². The predicted octanol–water partition coefficient (Wildman–Crippen LogP) is 5.57. The first kappa shape index (κ1) is 21.4. The van der Waals surface area contributed by atoms with Gasteiger partial charge < -0.3 is 9.26 Å². The molecule has 9 heteroatoms. The number of thioether (sulfide) groups is 1. The highest BCUT2D eigenvalue weighted by Gasteiger charge is 2.22. The van der Waals surface area contributed by atoms with Gasteiger partial charge in [-0.15, -0.1) is 10.2 Å². The Hall–Kier alpha value is -2.84. The molecule has 0 saturated heterocycles. The minimum absolute atomic E-state index is 0.171. The first-order valence-electron chi connectivity index (χ1n) is 9.67. The molecule has 0 aliphatic carbocycles. The van der Waals surface area contributed by atoms with Crippen molar-refractivity contribution in [2.45, 2.75) is 37.1 Å². The number of ether oxygens (including phenoxy) is 1. The first-order valence-corrected chi connectivity index (χ1v) is 11.0. The van der Waals surface area contributed by atoms with E-state index >= 15 is 0 Å². The highest BCUT2D eigenvalue weighted by molar-refractivity contribution is 7.98. The van der Waals surface area contributed by atoms with Crippen molar-refractivity contribution in [1.82, 2.24) is 24.9 Å². The lowest BCUT2D eigenvalue weighted by molar-refractivity contribution is 0.372. The number of benzene rings is 2. The second kappa shape index (κ2) is 8.72. The molecule has 0 spiro atoms. The van der Waals surface area contributed by atoms with E-state index in [-0.39, 0.29) is 5.41 Å². The van der Waals surface area contributed by atoms with Crippen molar-refractivity contribution in [1.29, 1.82) is 0 Å². The Morgan fingerprint density at radius 1 is 1.10 bits per heavy atom. The molecular formula is C22H22ClN5O2S. The van der Waals surface area contributed by atoms with Crippen LogP contribution in [0.1, 0.15) is 32.5 Å². The Labute approximate surface area is 189 Å². The van der Waals surface area contributed by atoms with E-state index in [0.717, 1.165) is 17.0 Å². The second-order valence-electron chi connectivity index (χ2n) is 7.90. The van der Waals surface area contributed by atoms with E-state index in [4.69, 9.17) is 20.9 Å². The summed E-state index contributed by atoms with van der Waals surface area (Å²) in [6.45, 7) is 6.14. The molecule has 0 saturated carbocycles. The Bertz CT molecular complexity index is 1180. The summed E-state index contributed by atoms with van der Waals surface area (Å²) in [6, 6.07) is 15.3. The molecule has 0 atom stereocenters. The predicted molar refractivity (Wildman–Crippen MR) is 121 cm³/mol. The summed E-state index contributed by atoms with van der Waals surface area (Å²) in [5.41, 5.74) is 1.62. The molecule has 0 bridgehead atoms. The minimum Gasteiger partial charge on any atom is -0.497 e. The lowest BCUT2D eigenvalue weighted by atomic mass is 9.96. The van der Waals surface area contributed by atoms with Gasteiger partial charge in [0.15, 0.2) is 16.8 Å². The standard InChI is InChI=1S/C22H22ClN5O2S/c1-22(2,3)20-24-18(30-27-20)13-31-21-26-25-19(14-6-5-7-17(12-14)29-4)28(21)16-10-8-15(23)9-11-16/h5-12H,13H2,1-4H3. The monoisotopic (exact) mass is 455 g/mol. The maximum atomic E-state index is 6.10. The van der Waals surface area contributed by atoms with Gasteiger partial charge in [0.25, 0.3) is 0 Å². The fraction of sp³-hybridized carbons (Fsp3) is 0.273. The summed E-state index contributed by atoms with van der Waals surface area (Å²) in [4.78, 5) is 4.51. The van der Waals surface area contributed by atoms with Gasteiger partial charge in [0.05, 0.1) is 12.9 Å². The number of halogens is 1. The second-order valence-corrected chi connectivity index (χ2v) is 9.28. The molecule has 0 aliphatic rings. The van der Waals surface area contributed by atoms with Gasteiger partial charge in [0, 0.05) is 21.7 Å². The van der Waals surface area contributed by atoms with Gasteiger partial charge in [-0.1, -0.05) is 61.4 Å². The molecular weight excluding hydrogens is 434 g/mol. The lowest BCUT2D eigenvalue weighted by Crippen LogP contribution is -2.13. The molecule has 160 valence electrons. The summed E-state index contributed by atoms with van der Waals surface area (Å²) < 4.78 is 12.8. The SMILES string of the molecule is COc1cccc(-c2nnc(SCc3nc(C(C)(C)C)no3)n2-c2ccc(Cl)cc2)c1. The molecule has 2 aromatic heterocycles. The zero-order chi connectivity index (χ0) is 22.0. The van der Waals surface area contributed by atoms with Crippen LogP contribution in [-0.2, 0) is 11.2 Å². The quantitative estimate of drug-likeness (QED) is 0.351. The van der Waals surface area contributed by atoms with Crippen molar-refractivity contribution in [3.05, 3.63) is 65.3 Å². The molecule has 0 aliphatic heterocycles. The van der Waals surface area contributed by atoms with E-state index in [9.17, 15) is 0 Å². The largest absolute Gasteiger partial charge is 0.497 e. The Kier molecular flexibility index (Phi) is 6.02. The third kappa shape index (κ3) is 4.75. The van der Waals surface area contributed by atoms with Crippen molar-refractivity contribution in [2.24, 2.45) is 0 Å². The van der Waals surface area contributed by atoms with E-state index in [2.05, 4.69) is 20.3 Å². The summed E-state index contributed by atoms with van der Waals surface area (Å²) in [5.74, 6) is 3.15. The molecule has 2 heterocycles. The fourth-order valence-electron chi connectivity index (χ4n) is 2.88. The summed E-state index contributed by atoms with van der Waals surface area (Å²) >= 11 is 7.58. The van der Waals surface area contributed by atoms with Gasteiger partial charge in [-0.25, -0.2) is 0 Å². The van der Waals surface area contributed by atoms with Crippen molar-refractivity contribution in [2.75, 3.05) is 7.11 Å². The van der Waals surface area contributed by atoms with E-state index in [0.29, 0.717) is 33.5 Å². The average Bonchev–Trinajstić information content (AvgIpc) is 3.40. The van der Waals surface area contributed by atoms with E-state index in [1.165, 1.54) is 11.8 Å². The number of hydrogen-bond acceptors (Lipinski definition) is 7. The fourth-order valence-corrected chi connectivity index (χ4v) is 3.80. The minimum atomic E-state index is -0.171. The zero-order valence-corrected chi connectivity index (χ0v) is 19.2. The van der Waals surface area contributed by atoms with Crippen LogP contribution >= 0.6 is 23.4 Å². The molecule has 4 rings (SSSR count). The van der Waals surface area contributed by atoms with E-state index in [1.807, 2.05) is 73.9 Å². The van der Waals surface area contributed by atoms with Crippen LogP contribution in [0.4, 0.5) is 0 Å². The lowest BCUT2D eigenvalue weighted by Gasteiger charge is -2.11. The van der Waals surface area contributed by atoms with Gasteiger partial charge in [0.2, 0.25) is 5.89 Å². The third-order valence-electron chi connectivity index (χ3n) is 4.51. The molecule has 0 N–H and O–H groups in total. The summed E-state index contributed by atoms with van der Waals surface area (Å²) in [7, 11) is 1.64. The summed E-state index contributed by atoms with van der Waals surface area (Å²) in [5, 5.41) is 14.3. The van der Waals surface area contributed by atoms with Crippen molar-refractivity contribution < 1.29 is 9.26 Å². The Balaban J connectivity index is 1.69. The van der Waals surface area contributed by atoms with Crippen LogP contribution in [0.2, 0.25) is 5.02 Å². The van der Waals surface area contributed by atoms with Gasteiger partial charge in [-0.2, -0.15) is 4.98 Å². The highest BCUT2D eigenvalue weighted by Crippen LogP contribution is 2.31. The smallest absolute Gasteiger partial charge is 0.237 e. The van der Waals surface area contributed by atoms with E-state index < -0.39 is 0 Å². The van der Waals surface area contributed by atoms with Gasteiger partial charge in [-0.3, -0.25) is 4.57 Å². The molecule has 0 amide bonds. The Morgan fingerprint density at radius 2 is 1.87 bits per heavy atom. The van der Waals surface area contributed by atoms with Crippen LogP contribution in [-0.4, -0.2) is 32.0 Å². The molecule has 0 unspecified atom stereocenters. The maximum absolute atomic E-state index is 6.10. The van der Waals surface area contributed by atoms with Crippen LogP contribution in [0.5, 0.6) is 5.75 Å². The third-order valence-corrected chi connectivity index (χ3v) is 5.68. The number of rotatable bonds is 6. The topological polar surface area (TPSA) is 78.9 Å². The molecule has 31 heavy (non-hydrogen) atoms. The zero-order valence-electron chi connectivity index (χ0n) is 17.7. The molecule has 0 radical (unpaired) electrons. The van der Waals surface area contributed by atoms with Crippen molar-refractivity contribution >= 4 is 23.4 Å². The maximum Gasteiger partial charge on any atom is 0.237 e. The van der Waals surface area contributed by atoms with Crippen LogP contribution in [0, 0.1) is 0 Å². The molecule has 0 fully saturated rings. The Morgan fingerprint density at radius 3 is 2.55 bits per heavy atom. The van der Waals surface area contributed by atoms with Gasteiger partial charge in [0.1, 0.15) is 5.75 Å². The number of nitrogens with zero attached hydrogens (tertiary/aromatic N) is 5. The average molecular weight is 456 g/mol.